The van der Waals surface area contributed by atoms with Crippen LogP contribution in [0.2, 0.25) is 0 Å². The van der Waals surface area contributed by atoms with E-state index in [1.807, 2.05) is 69.0 Å². The Labute approximate surface area is 521 Å². The molecule has 2 heterocycles. The standard InChI is InChI=1S/C10H15N.C10H14O2.C10H14.C9H10O3.C9H12.C8H9NO2.C6H10N2.C6H8O.C5H10O2/c1-4-9-5-7-10(8-6-9)11(2)3;1-4-8-5-6-9(11-2)10(7-8)12-3;1-2-3-7-10-8-5-4-6-9-10;1-2-6-3-4-8(10)7(5-6)9(11)12;1-2-6-9-7-4-3-5-8-9;1-2-7-3-5-8(6-4-7)9(10)11;1-3-6-7-4-5-8(6)2;1-2-6-3-4-7-5-6;1-2-3-4-5(6)7/h5-8H,4H2,1-3H3;5-7H,4H2,1-3H3;4-6,8-9H,2-3,7H2,1H3;3-5,10H,2H2,1H3,(H,11,12);3-5,7-8H,2,6H2,1H3;3-6H,2H2,1H3;4-5H,3H2,1-2H3;3-5H,2H2,1H3;2-4H2,1H3,(H,6,7). The van der Waals surface area contributed by atoms with Crippen LogP contribution >= 0.6 is 0 Å². The van der Waals surface area contributed by atoms with Gasteiger partial charge in [-0.15, -0.1) is 0 Å². The number of non-ortho nitro benzene ring substituents is 1. The van der Waals surface area contributed by atoms with Gasteiger partial charge in [0.15, 0.2) is 11.5 Å². The SMILES string of the molecule is CCCCC(=O)O.CCCCc1ccccc1.CCCc1ccccc1.CCc1ccc(N(C)C)cc1.CCc1ccc(O)c(C(=O)O)c1.CCc1ccc(OC)c(OC)c1.CCc1ccc([N+](=O)[O-])cc1.CCc1ccoc1.CCc1nccn1C. The van der Waals surface area contributed by atoms with Crippen molar-refractivity contribution in [2.24, 2.45) is 7.05 Å². The zero-order valence-corrected chi connectivity index (χ0v) is 54.6. The molecular weight excluding hydrogens is 1090 g/mol. The molecule has 2 aromatic heterocycles. The normalized spacial score (nSPS) is 9.54. The lowest BCUT2D eigenvalue weighted by Crippen LogP contribution is -2.08. The van der Waals surface area contributed by atoms with E-state index in [4.69, 9.17) is 29.2 Å². The molecule has 0 bridgehead atoms. The largest absolute Gasteiger partial charge is 0.507 e. The summed E-state index contributed by atoms with van der Waals surface area (Å²) in [5.41, 5.74) is 10.2. The average molecular weight is 1200 g/mol. The summed E-state index contributed by atoms with van der Waals surface area (Å²) in [5.74, 6) is 0.765. The molecule has 0 saturated heterocycles. The average Bonchev–Trinajstić information content (AvgIpc) is 4.43. The molecule has 0 saturated carbocycles. The van der Waals surface area contributed by atoms with Gasteiger partial charge in [0.25, 0.3) is 5.69 Å². The minimum Gasteiger partial charge on any atom is -0.507 e. The Balaban J connectivity index is 0.000000962. The lowest BCUT2D eigenvalue weighted by Gasteiger charge is -2.11. The van der Waals surface area contributed by atoms with Crippen molar-refractivity contribution in [1.29, 1.82) is 0 Å². The van der Waals surface area contributed by atoms with Gasteiger partial charge >= 0.3 is 11.9 Å². The topological polar surface area (TPSA) is 191 Å². The zero-order chi connectivity index (χ0) is 65.2. The molecule has 6 aromatic carbocycles. The van der Waals surface area contributed by atoms with Gasteiger partial charge in [0.05, 0.1) is 31.7 Å². The van der Waals surface area contributed by atoms with Crippen molar-refractivity contribution in [2.45, 2.75) is 152 Å². The number of methoxy groups -OCH3 is 2. The first-order valence-electron chi connectivity index (χ1n) is 30.4. The molecule has 0 atom stereocenters. The molecule has 0 fully saturated rings. The van der Waals surface area contributed by atoms with E-state index in [9.17, 15) is 19.7 Å². The van der Waals surface area contributed by atoms with Crippen molar-refractivity contribution in [2.75, 3.05) is 33.2 Å². The highest BCUT2D eigenvalue weighted by Crippen LogP contribution is 2.27. The quantitative estimate of drug-likeness (QED) is 0.0514. The number of phenols is 1. The van der Waals surface area contributed by atoms with E-state index < -0.39 is 11.9 Å². The Kier molecular flexibility index (Phi) is 44.7. The van der Waals surface area contributed by atoms with Gasteiger partial charge in [0.1, 0.15) is 17.1 Å². The summed E-state index contributed by atoms with van der Waals surface area (Å²) >= 11 is 0. The molecule has 0 unspecified atom stereocenters. The second kappa shape index (κ2) is 49.6. The number of benzene rings is 6. The lowest BCUT2D eigenvalue weighted by molar-refractivity contribution is -0.384. The minimum atomic E-state index is -1.09. The molecule has 474 valence electrons. The maximum atomic E-state index is 10.5. The molecule has 0 radical (unpaired) electrons. The fourth-order valence-electron chi connectivity index (χ4n) is 7.48. The van der Waals surface area contributed by atoms with E-state index >= 15 is 0 Å². The van der Waals surface area contributed by atoms with Crippen LogP contribution in [0, 0.1) is 10.1 Å². The van der Waals surface area contributed by atoms with E-state index in [0.717, 1.165) is 79.8 Å². The third kappa shape index (κ3) is 36.7. The second-order valence-corrected chi connectivity index (χ2v) is 19.9. The lowest BCUT2D eigenvalue weighted by atomic mass is 10.1. The van der Waals surface area contributed by atoms with Gasteiger partial charge in [-0.2, -0.15) is 0 Å². The number of hydrogen-bond donors (Lipinski definition) is 3. The molecule has 8 aromatic rings. The number of imidazole rings is 1. The monoisotopic (exact) mass is 1190 g/mol. The van der Waals surface area contributed by atoms with Gasteiger partial charge in [0, 0.05) is 64.2 Å². The summed E-state index contributed by atoms with van der Waals surface area (Å²) in [6.07, 6.45) is 21.5. The Morgan fingerprint density at radius 3 is 1.44 bits per heavy atom. The number of hydrogen-bond acceptors (Lipinski definition) is 10. The maximum absolute atomic E-state index is 10.5. The van der Waals surface area contributed by atoms with Crippen LogP contribution in [-0.2, 0) is 63.2 Å². The summed E-state index contributed by atoms with van der Waals surface area (Å²) in [7, 11) is 9.41. The van der Waals surface area contributed by atoms with E-state index in [2.05, 4.69) is 150 Å². The highest BCUT2D eigenvalue weighted by Gasteiger charge is 2.09. The summed E-state index contributed by atoms with van der Waals surface area (Å²) in [6, 6.07) is 49.0. The van der Waals surface area contributed by atoms with Crippen LogP contribution in [0.15, 0.2) is 181 Å². The maximum Gasteiger partial charge on any atom is 0.339 e. The summed E-state index contributed by atoms with van der Waals surface area (Å²) in [4.78, 5) is 36.3. The van der Waals surface area contributed by atoms with Crippen LogP contribution in [0.4, 0.5) is 11.4 Å². The predicted octanol–water partition coefficient (Wildman–Crippen LogP) is 18.1. The van der Waals surface area contributed by atoms with Crippen molar-refractivity contribution >= 4 is 23.3 Å². The second-order valence-electron chi connectivity index (χ2n) is 19.9. The molecular formula is C73H102N4O10. The van der Waals surface area contributed by atoms with Crippen LogP contribution < -0.4 is 14.4 Å². The van der Waals surface area contributed by atoms with E-state index in [1.54, 1.807) is 44.9 Å². The van der Waals surface area contributed by atoms with Crippen molar-refractivity contribution in [3.05, 3.63) is 237 Å². The first-order valence-corrected chi connectivity index (χ1v) is 30.4. The number of carboxylic acid groups (broad SMARTS) is 2. The van der Waals surface area contributed by atoms with Crippen LogP contribution in [0.25, 0.3) is 0 Å². The summed E-state index contributed by atoms with van der Waals surface area (Å²) < 4.78 is 17.1. The molecule has 8 rings (SSSR count). The van der Waals surface area contributed by atoms with Crippen molar-refractivity contribution in [1.82, 2.24) is 9.55 Å². The van der Waals surface area contributed by atoms with Crippen molar-refractivity contribution in [3.8, 4) is 17.2 Å². The Bertz CT molecular complexity index is 2960. The summed E-state index contributed by atoms with van der Waals surface area (Å²) in [6.45, 7) is 18.8. The molecule has 14 heteroatoms. The summed E-state index contributed by atoms with van der Waals surface area (Å²) in [5, 5.41) is 36.0. The third-order valence-electron chi connectivity index (χ3n) is 13.0. The molecule has 0 aliphatic heterocycles. The fraction of sp³-hybridized carbons (Fsp3) is 0.384. The Hall–Kier alpha value is -8.65. The zero-order valence-electron chi connectivity index (χ0n) is 54.6. The number of furan rings is 1. The van der Waals surface area contributed by atoms with Gasteiger partial charge < -0.3 is 38.7 Å². The number of rotatable bonds is 19. The van der Waals surface area contributed by atoms with Crippen LogP contribution in [0.1, 0.15) is 156 Å². The number of aromatic nitrogens is 2. The Morgan fingerprint density at radius 2 is 1.07 bits per heavy atom. The Morgan fingerprint density at radius 1 is 0.575 bits per heavy atom. The number of anilines is 1. The van der Waals surface area contributed by atoms with Gasteiger partial charge in [0.2, 0.25) is 0 Å². The first-order chi connectivity index (χ1) is 41.8. The molecule has 14 nitrogen and oxygen atoms in total. The number of unbranched alkanes of at least 4 members (excludes halogenated alkanes) is 2. The number of nitrogens with zero attached hydrogens (tertiary/aromatic N) is 4. The third-order valence-corrected chi connectivity index (χ3v) is 13.0. The first kappa shape index (κ1) is 78.4. The highest BCUT2D eigenvalue weighted by molar-refractivity contribution is 5.90. The predicted molar refractivity (Wildman–Crippen MR) is 359 cm³/mol. The van der Waals surface area contributed by atoms with Crippen molar-refractivity contribution < 1.29 is 43.7 Å². The smallest absolute Gasteiger partial charge is 0.339 e. The van der Waals surface area contributed by atoms with Crippen LogP contribution in [0.3, 0.4) is 0 Å². The van der Waals surface area contributed by atoms with Crippen LogP contribution in [0.5, 0.6) is 17.2 Å². The number of carboxylic acids is 2. The molecule has 0 aliphatic rings. The highest BCUT2D eigenvalue weighted by atomic mass is 16.6. The molecule has 0 aliphatic carbocycles. The number of carbonyl (C=O) groups is 2. The van der Waals surface area contributed by atoms with Gasteiger partial charge in [-0.25, -0.2) is 9.78 Å². The van der Waals surface area contributed by atoms with Crippen molar-refractivity contribution in [3.63, 3.8) is 0 Å². The van der Waals surface area contributed by atoms with Gasteiger partial charge in [-0.1, -0.05) is 179 Å². The van der Waals surface area contributed by atoms with Crippen LogP contribution in [-0.4, -0.2) is 70.0 Å². The number of aromatic carboxylic acids is 1. The molecule has 87 heavy (non-hydrogen) atoms. The number of aryl methyl sites for hydroxylation is 9. The molecule has 3 N–H and O–H groups in total. The number of aromatic hydroxyl groups is 1. The fourth-order valence-corrected chi connectivity index (χ4v) is 7.48. The number of ether oxygens (including phenoxy) is 2. The number of nitro benzene ring substituents is 1. The van der Waals surface area contributed by atoms with E-state index in [-0.39, 0.29) is 21.9 Å². The van der Waals surface area contributed by atoms with Gasteiger partial charge in [-0.05, 0) is 139 Å². The van der Waals surface area contributed by atoms with E-state index in [1.165, 1.54) is 89.9 Å². The number of aliphatic carboxylic acids is 1. The van der Waals surface area contributed by atoms with E-state index in [0.29, 0.717) is 6.42 Å². The number of nitro groups is 1. The minimum absolute atomic E-state index is 0.0330. The molecule has 0 amide bonds. The van der Waals surface area contributed by atoms with Gasteiger partial charge in [-0.3, -0.25) is 14.9 Å². The molecule has 0 spiro atoms.